The van der Waals surface area contributed by atoms with Crippen LogP contribution in [0.3, 0.4) is 0 Å². The molecule has 1 aromatic carbocycles. The molecule has 0 fully saturated rings. The van der Waals surface area contributed by atoms with Crippen LogP contribution in [0.5, 0.6) is 0 Å². The van der Waals surface area contributed by atoms with E-state index in [2.05, 4.69) is 43.5 Å². The van der Waals surface area contributed by atoms with Crippen LogP contribution in [0.1, 0.15) is 37.3 Å². The average molecular weight is 250 g/mol. The van der Waals surface area contributed by atoms with Crippen LogP contribution >= 0.6 is 12.2 Å². The maximum atomic E-state index is 5.27. The highest BCUT2D eigenvalue weighted by molar-refractivity contribution is 7.80. The number of hydrogen-bond donors (Lipinski definition) is 2. The van der Waals surface area contributed by atoms with Crippen LogP contribution in [0.2, 0.25) is 0 Å². The number of hydrogen-bond acceptors (Lipinski definition) is 1. The molecule has 0 radical (unpaired) electrons. The van der Waals surface area contributed by atoms with E-state index in [0.717, 1.165) is 17.3 Å². The lowest BCUT2D eigenvalue weighted by atomic mass is 10.1. The molecule has 2 nitrogen and oxygen atoms in total. The molecule has 1 aromatic rings. The molecule has 0 heterocycles. The van der Waals surface area contributed by atoms with Crippen LogP contribution in [0.15, 0.2) is 18.2 Å². The van der Waals surface area contributed by atoms with Gasteiger partial charge in [-0.1, -0.05) is 31.9 Å². The average Bonchev–Trinajstić information content (AvgIpc) is 2.31. The summed E-state index contributed by atoms with van der Waals surface area (Å²) in [4.78, 5) is 0. The zero-order valence-corrected chi connectivity index (χ0v) is 11.8. The molecule has 0 bridgehead atoms. The first kappa shape index (κ1) is 14.0. The first-order valence-electron chi connectivity index (χ1n) is 6.26. The minimum atomic E-state index is 0.717. The quantitative estimate of drug-likeness (QED) is 0.614. The third kappa shape index (κ3) is 4.73. The molecule has 1 rings (SSSR count). The highest BCUT2D eigenvalue weighted by atomic mass is 32.1. The van der Waals surface area contributed by atoms with E-state index in [-0.39, 0.29) is 0 Å². The molecule has 94 valence electrons. The third-order valence-electron chi connectivity index (χ3n) is 2.92. The standard InChI is InChI=1S/C14H22N2S/c1-4-5-6-10-15-14(17)16-13-9-7-8-11(2)12(13)3/h7-9H,4-6,10H2,1-3H3,(H2,15,16,17). The summed E-state index contributed by atoms with van der Waals surface area (Å²) < 4.78 is 0. The Morgan fingerprint density at radius 3 is 2.71 bits per heavy atom. The highest BCUT2D eigenvalue weighted by Crippen LogP contribution is 2.17. The maximum absolute atomic E-state index is 5.27. The van der Waals surface area contributed by atoms with Crippen LogP contribution < -0.4 is 10.6 Å². The van der Waals surface area contributed by atoms with E-state index in [1.165, 1.54) is 30.4 Å². The molecule has 0 saturated heterocycles. The SMILES string of the molecule is CCCCCNC(=S)Nc1cccc(C)c1C. The Morgan fingerprint density at radius 2 is 2.00 bits per heavy atom. The molecule has 3 heteroatoms. The fourth-order valence-corrected chi connectivity index (χ4v) is 1.84. The normalized spacial score (nSPS) is 10.1. The van der Waals surface area contributed by atoms with Gasteiger partial charge in [-0.3, -0.25) is 0 Å². The fraction of sp³-hybridized carbons (Fsp3) is 0.500. The molecule has 0 aromatic heterocycles. The summed E-state index contributed by atoms with van der Waals surface area (Å²) in [6.07, 6.45) is 3.66. The Bertz CT molecular complexity index is 374. The van der Waals surface area contributed by atoms with Crippen molar-refractivity contribution in [3.8, 4) is 0 Å². The number of rotatable bonds is 5. The number of thiocarbonyl (C=S) groups is 1. The van der Waals surface area contributed by atoms with Crippen molar-refractivity contribution in [2.45, 2.75) is 40.0 Å². The lowest BCUT2D eigenvalue weighted by Crippen LogP contribution is -2.29. The summed E-state index contributed by atoms with van der Waals surface area (Å²) >= 11 is 5.27. The summed E-state index contributed by atoms with van der Waals surface area (Å²) in [6, 6.07) is 6.21. The van der Waals surface area contributed by atoms with Crippen molar-refractivity contribution in [1.82, 2.24) is 5.32 Å². The van der Waals surface area contributed by atoms with Gasteiger partial charge in [0, 0.05) is 12.2 Å². The first-order chi connectivity index (χ1) is 8.15. The summed E-state index contributed by atoms with van der Waals surface area (Å²) in [6.45, 7) is 7.37. The van der Waals surface area contributed by atoms with Crippen molar-refractivity contribution in [1.29, 1.82) is 0 Å². The monoisotopic (exact) mass is 250 g/mol. The van der Waals surface area contributed by atoms with Gasteiger partial charge in [0.05, 0.1) is 0 Å². The van der Waals surface area contributed by atoms with Crippen molar-refractivity contribution in [2.24, 2.45) is 0 Å². The molecule has 0 aliphatic heterocycles. The fourth-order valence-electron chi connectivity index (χ4n) is 1.63. The summed E-state index contributed by atoms with van der Waals surface area (Å²) in [5.74, 6) is 0. The zero-order chi connectivity index (χ0) is 12.7. The Labute approximate surface area is 110 Å². The van der Waals surface area contributed by atoms with Crippen LogP contribution in [0.4, 0.5) is 5.69 Å². The van der Waals surface area contributed by atoms with Gasteiger partial charge in [-0.05, 0) is 49.7 Å². The second-order valence-corrected chi connectivity index (χ2v) is 4.74. The van der Waals surface area contributed by atoms with Crippen LogP contribution in [0.25, 0.3) is 0 Å². The molecular weight excluding hydrogens is 228 g/mol. The predicted molar refractivity (Wildman–Crippen MR) is 79.7 cm³/mol. The van der Waals surface area contributed by atoms with Crippen molar-refractivity contribution >= 4 is 23.0 Å². The van der Waals surface area contributed by atoms with E-state index in [4.69, 9.17) is 12.2 Å². The van der Waals surface area contributed by atoms with Crippen molar-refractivity contribution in [3.05, 3.63) is 29.3 Å². The van der Waals surface area contributed by atoms with Gasteiger partial charge < -0.3 is 10.6 Å². The summed E-state index contributed by atoms with van der Waals surface area (Å²) in [5.41, 5.74) is 3.63. The summed E-state index contributed by atoms with van der Waals surface area (Å²) in [5, 5.41) is 7.20. The molecule has 0 amide bonds. The van der Waals surface area contributed by atoms with Crippen molar-refractivity contribution < 1.29 is 0 Å². The number of benzene rings is 1. The minimum Gasteiger partial charge on any atom is -0.362 e. The number of anilines is 1. The lowest BCUT2D eigenvalue weighted by molar-refractivity contribution is 0.698. The smallest absolute Gasteiger partial charge is 0.170 e. The molecule has 0 atom stereocenters. The van der Waals surface area contributed by atoms with E-state index >= 15 is 0 Å². The molecule has 2 N–H and O–H groups in total. The molecule has 0 spiro atoms. The molecule has 0 saturated carbocycles. The van der Waals surface area contributed by atoms with Crippen LogP contribution in [0, 0.1) is 13.8 Å². The summed E-state index contributed by atoms with van der Waals surface area (Å²) in [7, 11) is 0. The zero-order valence-electron chi connectivity index (χ0n) is 11.0. The van der Waals surface area contributed by atoms with Gasteiger partial charge in [0.25, 0.3) is 0 Å². The Balaban J connectivity index is 2.43. The number of nitrogens with one attached hydrogen (secondary N) is 2. The molecule has 0 unspecified atom stereocenters. The van der Waals surface area contributed by atoms with Gasteiger partial charge in [0.1, 0.15) is 0 Å². The lowest BCUT2D eigenvalue weighted by Gasteiger charge is -2.13. The minimum absolute atomic E-state index is 0.717. The van der Waals surface area contributed by atoms with Gasteiger partial charge in [-0.2, -0.15) is 0 Å². The van der Waals surface area contributed by atoms with Gasteiger partial charge in [0.2, 0.25) is 0 Å². The first-order valence-corrected chi connectivity index (χ1v) is 6.67. The van der Waals surface area contributed by atoms with Gasteiger partial charge in [-0.25, -0.2) is 0 Å². The molecule has 0 aliphatic rings. The van der Waals surface area contributed by atoms with Crippen molar-refractivity contribution in [3.63, 3.8) is 0 Å². The molecule has 0 aliphatic carbocycles. The van der Waals surface area contributed by atoms with Crippen LogP contribution in [-0.4, -0.2) is 11.7 Å². The third-order valence-corrected chi connectivity index (χ3v) is 3.17. The maximum Gasteiger partial charge on any atom is 0.170 e. The highest BCUT2D eigenvalue weighted by Gasteiger charge is 2.02. The number of aryl methyl sites for hydroxylation is 1. The topological polar surface area (TPSA) is 24.1 Å². The van der Waals surface area contributed by atoms with E-state index in [1.807, 2.05) is 6.07 Å². The molecular formula is C14H22N2S. The van der Waals surface area contributed by atoms with E-state index in [1.54, 1.807) is 0 Å². The van der Waals surface area contributed by atoms with Gasteiger partial charge in [0.15, 0.2) is 5.11 Å². The largest absolute Gasteiger partial charge is 0.362 e. The van der Waals surface area contributed by atoms with Gasteiger partial charge in [-0.15, -0.1) is 0 Å². The second kappa shape index (κ2) is 7.28. The van der Waals surface area contributed by atoms with E-state index in [9.17, 15) is 0 Å². The molecule has 17 heavy (non-hydrogen) atoms. The van der Waals surface area contributed by atoms with Crippen LogP contribution in [-0.2, 0) is 0 Å². The van der Waals surface area contributed by atoms with Gasteiger partial charge >= 0.3 is 0 Å². The van der Waals surface area contributed by atoms with E-state index < -0.39 is 0 Å². The van der Waals surface area contributed by atoms with E-state index in [0.29, 0.717) is 0 Å². The Hall–Kier alpha value is -1.09. The predicted octanol–water partition coefficient (Wildman–Crippen LogP) is 3.78. The Kier molecular flexibility index (Phi) is 5.98. The van der Waals surface area contributed by atoms with Crippen molar-refractivity contribution in [2.75, 3.05) is 11.9 Å². The number of unbranched alkanes of at least 4 members (excludes halogenated alkanes) is 2. The Morgan fingerprint density at radius 1 is 1.24 bits per heavy atom. The second-order valence-electron chi connectivity index (χ2n) is 4.34.